The number of nitrogens with one attached hydrogen (secondary N) is 1. The first-order chi connectivity index (χ1) is 9.97. The molecule has 0 saturated heterocycles. The van der Waals surface area contributed by atoms with Crippen molar-refractivity contribution >= 4 is 11.9 Å². The zero-order valence-corrected chi connectivity index (χ0v) is 11.8. The van der Waals surface area contributed by atoms with Gasteiger partial charge in [-0.25, -0.2) is 9.78 Å². The molecule has 2 rings (SSSR count). The minimum absolute atomic E-state index is 0.118. The lowest BCUT2D eigenvalue weighted by Crippen LogP contribution is -2.56. The molecule has 2 N–H and O–H groups in total. The second kappa shape index (κ2) is 5.92. The molecular weight excluding hydrogens is 270 g/mol. The second-order valence-electron chi connectivity index (χ2n) is 5.59. The summed E-state index contributed by atoms with van der Waals surface area (Å²) in [6, 6.07) is 4.83. The highest BCUT2D eigenvalue weighted by Gasteiger charge is 2.43. The lowest BCUT2D eigenvalue weighted by Gasteiger charge is -2.36. The van der Waals surface area contributed by atoms with Gasteiger partial charge in [0.05, 0.1) is 5.56 Å². The van der Waals surface area contributed by atoms with Crippen LogP contribution in [0.2, 0.25) is 0 Å². The maximum absolute atomic E-state index is 12.2. The molecule has 1 amide bonds. The van der Waals surface area contributed by atoms with Crippen LogP contribution in [0, 0.1) is 17.2 Å². The van der Waals surface area contributed by atoms with Crippen molar-refractivity contribution in [3.63, 3.8) is 0 Å². The molecule has 6 nitrogen and oxygen atoms in total. The van der Waals surface area contributed by atoms with Crippen molar-refractivity contribution in [3.05, 3.63) is 29.6 Å². The van der Waals surface area contributed by atoms with Crippen LogP contribution in [0.15, 0.2) is 18.3 Å². The molecule has 1 aromatic heterocycles. The number of hydrogen-bond donors (Lipinski definition) is 2. The van der Waals surface area contributed by atoms with Crippen LogP contribution in [-0.2, 0) is 4.79 Å². The molecular formula is C15H17N3O3. The van der Waals surface area contributed by atoms with E-state index in [9.17, 15) is 14.7 Å². The van der Waals surface area contributed by atoms with Crippen LogP contribution < -0.4 is 5.32 Å². The normalized spacial score (nSPS) is 24.9. The Hall–Kier alpha value is -2.42. The zero-order valence-electron chi connectivity index (χ0n) is 11.8. The van der Waals surface area contributed by atoms with E-state index in [4.69, 9.17) is 5.26 Å². The molecule has 0 aliphatic heterocycles. The molecule has 1 aliphatic rings. The van der Waals surface area contributed by atoms with E-state index in [2.05, 4.69) is 10.3 Å². The Balaban J connectivity index is 2.18. The Kier molecular flexibility index (Phi) is 4.22. The molecule has 2 atom stereocenters. The lowest BCUT2D eigenvalue weighted by atomic mass is 9.76. The number of aromatic nitrogens is 1. The quantitative estimate of drug-likeness (QED) is 0.881. The number of carbonyl (C=O) groups excluding carboxylic acids is 1. The molecule has 1 heterocycles. The summed E-state index contributed by atoms with van der Waals surface area (Å²) in [6.07, 6.45) is 3.89. The standard InChI is InChI=1S/C15H17N3O3/c1-10-3-2-6-15(7-10,14(20)21)18-13(19)12-5-4-11(8-16)9-17-12/h4-5,9-10H,2-3,6-7H2,1H3,(H,18,19)(H,20,21). The minimum Gasteiger partial charge on any atom is -0.480 e. The van der Waals surface area contributed by atoms with Crippen LogP contribution >= 0.6 is 0 Å². The molecule has 1 aromatic rings. The largest absolute Gasteiger partial charge is 0.480 e. The predicted molar refractivity (Wildman–Crippen MR) is 74.4 cm³/mol. The Morgan fingerprint density at radius 1 is 1.52 bits per heavy atom. The molecule has 110 valence electrons. The van der Waals surface area contributed by atoms with Gasteiger partial charge < -0.3 is 10.4 Å². The van der Waals surface area contributed by atoms with Crippen LogP contribution in [0.1, 0.15) is 48.7 Å². The topological polar surface area (TPSA) is 103 Å². The average molecular weight is 287 g/mol. The van der Waals surface area contributed by atoms with Crippen molar-refractivity contribution in [2.75, 3.05) is 0 Å². The van der Waals surface area contributed by atoms with Gasteiger partial charge in [-0.1, -0.05) is 19.8 Å². The van der Waals surface area contributed by atoms with Crippen molar-refractivity contribution in [1.29, 1.82) is 5.26 Å². The van der Waals surface area contributed by atoms with Gasteiger partial charge in [0.25, 0.3) is 5.91 Å². The molecule has 1 aliphatic carbocycles. The van der Waals surface area contributed by atoms with E-state index in [-0.39, 0.29) is 11.6 Å². The summed E-state index contributed by atoms with van der Waals surface area (Å²) in [7, 11) is 0. The van der Waals surface area contributed by atoms with Crippen molar-refractivity contribution in [3.8, 4) is 6.07 Å². The van der Waals surface area contributed by atoms with E-state index in [1.807, 2.05) is 13.0 Å². The number of carboxylic acid groups (broad SMARTS) is 1. The number of nitriles is 1. The first-order valence-corrected chi connectivity index (χ1v) is 6.89. The van der Waals surface area contributed by atoms with E-state index in [0.29, 0.717) is 18.4 Å². The predicted octanol–water partition coefficient (Wildman–Crippen LogP) is 1.72. The van der Waals surface area contributed by atoms with Gasteiger partial charge in [-0.05, 0) is 30.9 Å². The first kappa shape index (κ1) is 15.0. The van der Waals surface area contributed by atoms with Crippen LogP contribution in [0.4, 0.5) is 0 Å². The number of carboxylic acids is 1. The van der Waals surface area contributed by atoms with Crippen molar-refractivity contribution in [1.82, 2.24) is 10.3 Å². The number of nitrogens with zero attached hydrogens (tertiary/aromatic N) is 2. The highest BCUT2D eigenvalue weighted by atomic mass is 16.4. The summed E-state index contributed by atoms with van der Waals surface area (Å²) in [5.41, 5.74) is -0.747. The summed E-state index contributed by atoms with van der Waals surface area (Å²) in [4.78, 5) is 27.7. The van der Waals surface area contributed by atoms with Gasteiger partial charge in [0.2, 0.25) is 0 Å². The van der Waals surface area contributed by atoms with Gasteiger partial charge in [0, 0.05) is 6.20 Å². The molecule has 21 heavy (non-hydrogen) atoms. The fourth-order valence-corrected chi connectivity index (χ4v) is 2.79. The summed E-state index contributed by atoms with van der Waals surface area (Å²) in [6.45, 7) is 1.99. The van der Waals surface area contributed by atoms with Crippen molar-refractivity contribution < 1.29 is 14.7 Å². The highest BCUT2D eigenvalue weighted by molar-refractivity contribution is 5.96. The maximum Gasteiger partial charge on any atom is 0.329 e. The molecule has 2 unspecified atom stereocenters. The van der Waals surface area contributed by atoms with E-state index < -0.39 is 17.4 Å². The Morgan fingerprint density at radius 2 is 2.29 bits per heavy atom. The molecule has 0 radical (unpaired) electrons. The van der Waals surface area contributed by atoms with E-state index >= 15 is 0 Å². The second-order valence-corrected chi connectivity index (χ2v) is 5.59. The van der Waals surface area contributed by atoms with E-state index in [1.165, 1.54) is 18.3 Å². The van der Waals surface area contributed by atoms with Gasteiger partial charge >= 0.3 is 5.97 Å². The summed E-state index contributed by atoms with van der Waals surface area (Å²) < 4.78 is 0. The highest BCUT2D eigenvalue weighted by Crippen LogP contribution is 2.32. The van der Waals surface area contributed by atoms with Gasteiger partial charge in [0.15, 0.2) is 0 Å². The van der Waals surface area contributed by atoms with Gasteiger partial charge in [0.1, 0.15) is 17.3 Å². The van der Waals surface area contributed by atoms with Crippen LogP contribution in [-0.4, -0.2) is 27.5 Å². The number of aliphatic carboxylic acids is 1. The number of rotatable bonds is 3. The van der Waals surface area contributed by atoms with E-state index in [1.54, 1.807) is 0 Å². The Morgan fingerprint density at radius 3 is 2.81 bits per heavy atom. The summed E-state index contributed by atoms with van der Waals surface area (Å²) in [5.74, 6) is -1.27. The van der Waals surface area contributed by atoms with Crippen molar-refractivity contribution in [2.24, 2.45) is 5.92 Å². The number of carbonyl (C=O) groups is 2. The third kappa shape index (κ3) is 3.19. The number of pyridine rings is 1. The molecule has 1 saturated carbocycles. The zero-order chi connectivity index (χ0) is 15.5. The smallest absolute Gasteiger partial charge is 0.329 e. The average Bonchev–Trinajstić information content (AvgIpc) is 2.47. The molecule has 0 spiro atoms. The monoisotopic (exact) mass is 287 g/mol. The fraction of sp³-hybridized carbons (Fsp3) is 0.467. The SMILES string of the molecule is CC1CCCC(NC(=O)c2ccc(C#N)cn2)(C(=O)O)C1. The third-order valence-corrected chi connectivity index (χ3v) is 3.88. The Labute approximate surface area is 122 Å². The van der Waals surface area contributed by atoms with Gasteiger partial charge in [-0.2, -0.15) is 5.26 Å². The summed E-state index contributed by atoms with van der Waals surface area (Å²) >= 11 is 0. The molecule has 6 heteroatoms. The van der Waals surface area contributed by atoms with E-state index in [0.717, 1.165) is 12.8 Å². The maximum atomic E-state index is 12.2. The third-order valence-electron chi connectivity index (χ3n) is 3.88. The summed E-state index contributed by atoms with van der Waals surface area (Å²) in [5, 5.41) is 20.8. The first-order valence-electron chi connectivity index (χ1n) is 6.89. The fourth-order valence-electron chi connectivity index (χ4n) is 2.79. The van der Waals surface area contributed by atoms with Crippen LogP contribution in [0.3, 0.4) is 0 Å². The van der Waals surface area contributed by atoms with Crippen LogP contribution in [0.25, 0.3) is 0 Å². The molecule has 1 fully saturated rings. The minimum atomic E-state index is -1.22. The molecule has 0 bridgehead atoms. The van der Waals surface area contributed by atoms with Gasteiger partial charge in [-0.15, -0.1) is 0 Å². The molecule has 0 aromatic carbocycles. The lowest BCUT2D eigenvalue weighted by molar-refractivity contribution is -0.146. The van der Waals surface area contributed by atoms with Crippen LogP contribution in [0.5, 0.6) is 0 Å². The van der Waals surface area contributed by atoms with Gasteiger partial charge in [-0.3, -0.25) is 4.79 Å². The van der Waals surface area contributed by atoms with Crippen molar-refractivity contribution in [2.45, 2.75) is 38.1 Å². The Bertz CT molecular complexity index is 591. The number of amides is 1. The number of hydrogen-bond acceptors (Lipinski definition) is 4.